The number of carbonyl (C=O) groups is 1. The Bertz CT molecular complexity index is 446. The van der Waals surface area contributed by atoms with E-state index in [-0.39, 0.29) is 0 Å². The summed E-state index contributed by atoms with van der Waals surface area (Å²) in [5.41, 5.74) is 3.93. The molecule has 0 aromatic heterocycles. The van der Waals surface area contributed by atoms with Crippen LogP contribution in [0.15, 0.2) is 24.8 Å². The number of rotatable bonds is 4. The van der Waals surface area contributed by atoms with E-state index in [4.69, 9.17) is 5.11 Å². The van der Waals surface area contributed by atoms with Crippen LogP contribution in [0.3, 0.4) is 0 Å². The second-order valence-corrected chi connectivity index (χ2v) is 4.44. The number of amides is 1. The Balaban J connectivity index is 3.19. The lowest BCUT2D eigenvalue weighted by atomic mass is 10.1. The first kappa shape index (κ1) is 14.1. The molecule has 98 valence electrons. The topological polar surface area (TPSA) is 43.8 Å². The monoisotopic (exact) mass is 248 g/mol. The fraction of sp³-hybridized carbons (Fsp3) is 0.357. The van der Waals surface area contributed by atoms with Crippen molar-refractivity contribution < 1.29 is 9.90 Å². The van der Waals surface area contributed by atoms with Gasteiger partial charge in [0.05, 0.1) is 0 Å². The predicted octanol–water partition coefficient (Wildman–Crippen LogP) is 3.04. The predicted molar refractivity (Wildman–Crippen MR) is 75.8 cm³/mol. The summed E-state index contributed by atoms with van der Waals surface area (Å²) in [6, 6.07) is 3.77. The number of carboxylic acid groups (broad SMARTS) is 1. The van der Waals surface area contributed by atoms with Gasteiger partial charge in [-0.25, -0.2) is 4.79 Å². The van der Waals surface area contributed by atoms with Crippen LogP contribution >= 0.6 is 0 Å². The number of anilines is 2. The number of benzene rings is 1. The van der Waals surface area contributed by atoms with Gasteiger partial charge in [-0.3, -0.25) is 4.90 Å². The van der Waals surface area contributed by atoms with Gasteiger partial charge in [-0.1, -0.05) is 6.08 Å². The van der Waals surface area contributed by atoms with Crippen LogP contribution in [0.25, 0.3) is 0 Å². The second kappa shape index (κ2) is 5.58. The Morgan fingerprint density at radius 3 is 2.22 bits per heavy atom. The van der Waals surface area contributed by atoms with E-state index in [1.165, 1.54) is 4.90 Å². The highest BCUT2D eigenvalue weighted by Gasteiger charge is 2.13. The number of nitrogens with zero attached hydrogens (tertiary/aromatic N) is 2. The van der Waals surface area contributed by atoms with Gasteiger partial charge in [-0.2, -0.15) is 0 Å². The van der Waals surface area contributed by atoms with E-state index in [2.05, 4.69) is 11.5 Å². The van der Waals surface area contributed by atoms with Gasteiger partial charge in [0, 0.05) is 32.0 Å². The summed E-state index contributed by atoms with van der Waals surface area (Å²) in [6.45, 7) is 8.46. The van der Waals surface area contributed by atoms with Gasteiger partial charge in [0.2, 0.25) is 0 Å². The first-order valence-electron chi connectivity index (χ1n) is 5.78. The van der Waals surface area contributed by atoms with Crippen LogP contribution in [-0.4, -0.2) is 31.8 Å². The molecule has 0 fully saturated rings. The van der Waals surface area contributed by atoms with Crippen molar-refractivity contribution in [2.75, 3.05) is 30.4 Å². The van der Waals surface area contributed by atoms with Crippen LogP contribution in [-0.2, 0) is 0 Å². The maximum atomic E-state index is 10.9. The van der Waals surface area contributed by atoms with Crippen molar-refractivity contribution in [3.05, 3.63) is 35.9 Å². The number of hydrogen-bond donors (Lipinski definition) is 1. The lowest BCUT2D eigenvalue weighted by molar-refractivity contribution is 0.203. The Kier molecular flexibility index (Phi) is 4.37. The van der Waals surface area contributed by atoms with E-state index in [0.717, 1.165) is 23.4 Å². The molecule has 1 aromatic carbocycles. The molecular weight excluding hydrogens is 228 g/mol. The second-order valence-electron chi connectivity index (χ2n) is 4.44. The molecule has 0 aliphatic heterocycles. The molecule has 0 heterocycles. The molecule has 0 spiro atoms. The molecule has 18 heavy (non-hydrogen) atoms. The van der Waals surface area contributed by atoms with E-state index in [0.29, 0.717) is 5.69 Å². The van der Waals surface area contributed by atoms with Crippen molar-refractivity contribution in [1.82, 2.24) is 0 Å². The first-order valence-corrected chi connectivity index (χ1v) is 5.78. The molecule has 0 aliphatic carbocycles. The summed E-state index contributed by atoms with van der Waals surface area (Å²) >= 11 is 0. The number of likely N-dealkylation sites (N-methyl/N-ethyl adjacent to an activating group) is 1. The molecule has 1 aromatic rings. The summed E-state index contributed by atoms with van der Waals surface area (Å²) in [6.07, 6.45) is 0.886. The molecule has 1 N–H and O–H groups in total. The molecule has 0 atom stereocenters. The van der Waals surface area contributed by atoms with Crippen molar-refractivity contribution in [3.63, 3.8) is 0 Å². The van der Waals surface area contributed by atoms with Gasteiger partial charge < -0.3 is 10.0 Å². The van der Waals surface area contributed by atoms with Gasteiger partial charge in [0.1, 0.15) is 0 Å². The summed E-state index contributed by atoms with van der Waals surface area (Å²) in [7, 11) is 3.54. The smallest absolute Gasteiger partial charge is 0.411 e. The minimum atomic E-state index is -0.957. The summed E-state index contributed by atoms with van der Waals surface area (Å²) in [4.78, 5) is 14.3. The van der Waals surface area contributed by atoms with E-state index in [9.17, 15) is 4.79 Å². The highest BCUT2D eigenvalue weighted by atomic mass is 16.4. The summed E-state index contributed by atoms with van der Waals surface area (Å²) < 4.78 is 0. The van der Waals surface area contributed by atoms with Crippen LogP contribution < -0.4 is 9.80 Å². The molecule has 4 heteroatoms. The molecule has 0 bridgehead atoms. The molecule has 1 amide bonds. The molecule has 0 aliphatic rings. The van der Waals surface area contributed by atoms with Gasteiger partial charge in [-0.05, 0) is 37.1 Å². The fourth-order valence-corrected chi connectivity index (χ4v) is 2.12. The van der Waals surface area contributed by atoms with Gasteiger partial charge in [0.25, 0.3) is 0 Å². The van der Waals surface area contributed by atoms with Crippen LogP contribution in [0.1, 0.15) is 11.1 Å². The van der Waals surface area contributed by atoms with Crippen molar-refractivity contribution in [2.24, 2.45) is 0 Å². The fourth-order valence-electron chi connectivity index (χ4n) is 2.12. The van der Waals surface area contributed by atoms with Gasteiger partial charge in [-0.15, -0.1) is 6.58 Å². The van der Waals surface area contributed by atoms with Crippen LogP contribution in [0.2, 0.25) is 0 Å². The molecule has 0 saturated heterocycles. The minimum absolute atomic E-state index is 0.688. The lowest BCUT2D eigenvalue weighted by Crippen LogP contribution is -2.25. The number of aryl methyl sites for hydroxylation is 2. The highest BCUT2D eigenvalue weighted by Crippen LogP contribution is 2.29. The van der Waals surface area contributed by atoms with Crippen LogP contribution in [0, 0.1) is 13.8 Å². The van der Waals surface area contributed by atoms with E-state index < -0.39 is 6.09 Å². The first-order chi connectivity index (χ1) is 8.38. The minimum Gasteiger partial charge on any atom is -0.465 e. The third-order valence-corrected chi connectivity index (χ3v) is 2.93. The number of hydrogen-bond acceptors (Lipinski definition) is 2. The van der Waals surface area contributed by atoms with E-state index in [1.54, 1.807) is 7.05 Å². The Labute approximate surface area is 108 Å². The summed E-state index contributed by atoms with van der Waals surface area (Å²) in [5, 5.41) is 8.98. The van der Waals surface area contributed by atoms with Gasteiger partial charge >= 0.3 is 6.09 Å². The Morgan fingerprint density at radius 2 is 1.83 bits per heavy atom. The Hall–Kier alpha value is -1.97. The van der Waals surface area contributed by atoms with Crippen molar-refractivity contribution in [3.8, 4) is 0 Å². The maximum absolute atomic E-state index is 10.9. The highest BCUT2D eigenvalue weighted by molar-refractivity contribution is 5.86. The zero-order valence-electron chi connectivity index (χ0n) is 11.4. The SMILES string of the molecule is C=CCN(C)c1c(C)cc(N(C)C(=O)O)cc1C. The van der Waals surface area contributed by atoms with Crippen molar-refractivity contribution >= 4 is 17.5 Å². The van der Waals surface area contributed by atoms with E-state index in [1.807, 2.05) is 39.1 Å². The average Bonchev–Trinajstić information content (AvgIpc) is 2.27. The molecule has 0 radical (unpaired) electrons. The third kappa shape index (κ3) is 2.83. The molecule has 1 rings (SSSR count). The Morgan fingerprint density at radius 1 is 1.33 bits per heavy atom. The average molecular weight is 248 g/mol. The third-order valence-electron chi connectivity index (χ3n) is 2.93. The van der Waals surface area contributed by atoms with E-state index >= 15 is 0 Å². The van der Waals surface area contributed by atoms with Crippen molar-refractivity contribution in [1.29, 1.82) is 0 Å². The summed E-state index contributed by atoms with van der Waals surface area (Å²) in [5.74, 6) is 0. The van der Waals surface area contributed by atoms with Crippen LogP contribution in [0.4, 0.5) is 16.2 Å². The normalized spacial score (nSPS) is 10.0. The molecule has 4 nitrogen and oxygen atoms in total. The van der Waals surface area contributed by atoms with Crippen LogP contribution in [0.5, 0.6) is 0 Å². The molecule has 0 unspecified atom stereocenters. The zero-order chi connectivity index (χ0) is 13.9. The quantitative estimate of drug-likeness (QED) is 0.833. The largest absolute Gasteiger partial charge is 0.465 e. The van der Waals surface area contributed by atoms with Crippen molar-refractivity contribution in [2.45, 2.75) is 13.8 Å². The maximum Gasteiger partial charge on any atom is 0.411 e. The standard InChI is InChI=1S/C14H20N2O2/c1-6-7-15(4)13-10(2)8-12(9-11(13)3)16(5)14(17)18/h6,8-9H,1,7H2,2-5H3,(H,17,18). The van der Waals surface area contributed by atoms with Gasteiger partial charge in [0.15, 0.2) is 0 Å². The zero-order valence-corrected chi connectivity index (χ0v) is 11.4. The molecule has 0 saturated carbocycles. The lowest BCUT2D eigenvalue weighted by Gasteiger charge is -2.24. The molecular formula is C14H20N2O2.